The van der Waals surface area contributed by atoms with Crippen LogP contribution in [0.15, 0.2) is 42.5 Å². The van der Waals surface area contributed by atoms with Gasteiger partial charge in [-0.15, -0.1) is 0 Å². The van der Waals surface area contributed by atoms with Gasteiger partial charge in [0, 0.05) is 30.0 Å². The molecule has 148 valence electrons. The van der Waals surface area contributed by atoms with Crippen molar-refractivity contribution in [2.24, 2.45) is 0 Å². The highest BCUT2D eigenvalue weighted by atomic mass is 16.5. The fourth-order valence-corrected chi connectivity index (χ4v) is 3.33. The van der Waals surface area contributed by atoms with Gasteiger partial charge in [-0.25, -0.2) is 0 Å². The Hall–Kier alpha value is -3.02. The van der Waals surface area contributed by atoms with Crippen LogP contribution in [-0.2, 0) is 20.7 Å². The summed E-state index contributed by atoms with van der Waals surface area (Å²) in [7, 11) is 1.56. The molecule has 1 aliphatic heterocycles. The molecular weight excluding hydrogens is 356 g/mol. The Morgan fingerprint density at radius 3 is 2.46 bits per heavy atom. The highest BCUT2D eigenvalue weighted by molar-refractivity contribution is 5.93. The van der Waals surface area contributed by atoms with E-state index in [9.17, 15) is 9.59 Å². The number of nitrogens with one attached hydrogen (secondary N) is 1. The Kier molecular flexibility index (Phi) is 6.53. The van der Waals surface area contributed by atoms with Crippen LogP contribution < -0.4 is 15.0 Å². The van der Waals surface area contributed by atoms with Gasteiger partial charge in [0.15, 0.2) is 6.61 Å². The number of amides is 1. The summed E-state index contributed by atoms with van der Waals surface area (Å²) >= 11 is 0. The number of esters is 1. The number of methoxy groups -OCH3 is 1. The topological polar surface area (TPSA) is 67.9 Å². The van der Waals surface area contributed by atoms with E-state index >= 15 is 0 Å². The van der Waals surface area contributed by atoms with E-state index in [0.29, 0.717) is 11.4 Å². The van der Waals surface area contributed by atoms with Crippen LogP contribution >= 0.6 is 0 Å². The summed E-state index contributed by atoms with van der Waals surface area (Å²) in [6.07, 6.45) is 2.50. The quantitative estimate of drug-likeness (QED) is 0.744. The Morgan fingerprint density at radius 1 is 1.07 bits per heavy atom. The van der Waals surface area contributed by atoms with Crippen LogP contribution in [0.2, 0.25) is 0 Å². The molecule has 0 atom stereocenters. The molecule has 0 aliphatic carbocycles. The number of carbonyl (C=O) groups is 2. The van der Waals surface area contributed by atoms with Gasteiger partial charge in [0.25, 0.3) is 5.91 Å². The van der Waals surface area contributed by atoms with Crippen molar-refractivity contribution >= 4 is 23.3 Å². The van der Waals surface area contributed by atoms with Crippen molar-refractivity contribution in [1.82, 2.24) is 0 Å². The van der Waals surface area contributed by atoms with Crippen LogP contribution in [0.5, 0.6) is 5.75 Å². The first-order valence-corrected chi connectivity index (χ1v) is 9.49. The molecule has 0 aromatic heterocycles. The number of hydrogen-bond acceptors (Lipinski definition) is 5. The largest absolute Gasteiger partial charge is 0.496 e. The number of aryl methyl sites for hydroxylation is 1. The highest BCUT2D eigenvalue weighted by Gasteiger charge is 2.14. The van der Waals surface area contributed by atoms with Crippen LogP contribution in [0.3, 0.4) is 0 Å². The lowest BCUT2D eigenvalue weighted by Gasteiger charge is -2.17. The van der Waals surface area contributed by atoms with Gasteiger partial charge >= 0.3 is 5.97 Å². The fourth-order valence-electron chi connectivity index (χ4n) is 3.33. The van der Waals surface area contributed by atoms with Crippen LogP contribution in [0, 0.1) is 6.92 Å². The molecule has 2 aromatic rings. The van der Waals surface area contributed by atoms with E-state index < -0.39 is 5.97 Å². The Balaban J connectivity index is 1.47. The third kappa shape index (κ3) is 5.25. The first-order valence-electron chi connectivity index (χ1n) is 9.49. The lowest BCUT2D eigenvalue weighted by molar-refractivity contribution is -0.146. The minimum atomic E-state index is -0.469. The smallest absolute Gasteiger partial charge is 0.310 e. The highest BCUT2D eigenvalue weighted by Crippen LogP contribution is 2.22. The molecule has 1 N–H and O–H groups in total. The van der Waals surface area contributed by atoms with Gasteiger partial charge in [-0.3, -0.25) is 9.59 Å². The number of anilines is 2. The average molecular weight is 382 g/mol. The van der Waals surface area contributed by atoms with Crippen molar-refractivity contribution in [3.63, 3.8) is 0 Å². The molecule has 28 heavy (non-hydrogen) atoms. The zero-order valence-corrected chi connectivity index (χ0v) is 16.4. The second kappa shape index (κ2) is 9.26. The number of hydrogen-bond donors (Lipinski definition) is 1. The summed E-state index contributed by atoms with van der Waals surface area (Å²) < 4.78 is 10.4. The minimum Gasteiger partial charge on any atom is -0.496 e. The van der Waals surface area contributed by atoms with Gasteiger partial charge in [0.05, 0.1) is 13.5 Å². The lowest BCUT2D eigenvalue weighted by Crippen LogP contribution is -2.22. The molecule has 0 unspecified atom stereocenters. The molecule has 2 aromatic carbocycles. The number of nitrogens with zero attached hydrogens (tertiary/aromatic N) is 1. The molecule has 0 radical (unpaired) electrons. The lowest BCUT2D eigenvalue weighted by atomic mass is 10.1. The predicted molar refractivity (Wildman–Crippen MR) is 109 cm³/mol. The number of benzene rings is 2. The van der Waals surface area contributed by atoms with Crippen molar-refractivity contribution in [3.8, 4) is 5.75 Å². The van der Waals surface area contributed by atoms with E-state index in [1.165, 1.54) is 12.8 Å². The zero-order chi connectivity index (χ0) is 19.9. The zero-order valence-electron chi connectivity index (χ0n) is 16.4. The van der Waals surface area contributed by atoms with Crippen LogP contribution in [0.1, 0.15) is 24.0 Å². The van der Waals surface area contributed by atoms with Gasteiger partial charge in [-0.05, 0) is 50.1 Å². The summed E-state index contributed by atoms with van der Waals surface area (Å²) in [4.78, 5) is 26.5. The van der Waals surface area contributed by atoms with E-state index in [4.69, 9.17) is 9.47 Å². The number of rotatable bonds is 7. The molecule has 1 saturated heterocycles. The van der Waals surface area contributed by atoms with Gasteiger partial charge in [-0.1, -0.05) is 17.7 Å². The molecule has 1 heterocycles. The van der Waals surface area contributed by atoms with E-state index in [1.807, 2.05) is 49.4 Å². The van der Waals surface area contributed by atoms with E-state index in [0.717, 1.165) is 29.9 Å². The molecule has 6 heteroatoms. The molecule has 0 saturated carbocycles. The van der Waals surface area contributed by atoms with Gasteiger partial charge < -0.3 is 19.7 Å². The summed E-state index contributed by atoms with van der Waals surface area (Å²) in [6, 6.07) is 13.3. The summed E-state index contributed by atoms with van der Waals surface area (Å²) in [5.41, 5.74) is 3.61. The second-order valence-electron chi connectivity index (χ2n) is 6.94. The molecule has 1 aliphatic rings. The monoisotopic (exact) mass is 382 g/mol. The van der Waals surface area contributed by atoms with Crippen molar-refractivity contribution < 1.29 is 19.1 Å². The van der Waals surface area contributed by atoms with Gasteiger partial charge in [0.1, 0.15) is 5.75 Å². The van der Waals surface area contributed by atoms with Gasteiger partial charge in [0.2, 0.25) is 0 Å². The van der Waals surface area contributed by atoms with E-state index in [1.54, 1.807) is 7.11 Å². The fraction of sp³-hybridized carbons (Fsp3) is 0.364. The van der Waals surface area contributed by atoms with Crippen LogP contribution in [0.4, 0.5) is 11.4 Å². The molecule has 1 fully saturated rings. The molecular formula is C22H26N2O4. The minimum absolute atomic E-state index is 0.0582. The molecule has 0 bridgehead atoms. The maximum absolute atomic E-state index is 12.1. The first kappa shape index (κ1) is 19.7. The SMILES string of the molecule is COc1ccc(C)cc1CC(=O)OCC(=O)Nc1ccc(N2CCCC2)cc1. The van der Waals surface area contributed by atoms with Crippen molar-refractivity contribution in [2.75, 3.05) is 37.0 Å². The molecule has 0 spiro atoms. The van der Waals surface area contributed by atoms with E-state index in [2.05, 4.69) is 10.2 Å². The maximum Gasteiger partial charge on any atom is 0.310 e. The molecule has 1 amide bonds. The number of carbonyl (C=O) groups excluding carboxylic acids is 2. The Morgan fingerprint density at radius 2 is 1.79 bits per heavy atom. The van der Waals surface area contributed by atoms with Crippen molar-refractivity contribution in [2.45, 2.75) is 26.2 Å². The summed E-state index contributed by atoms with van der Waals surface area (Å²) in [6.45, 7) is 3.78. The molecule has 3 rings (SSSR count). The second-order valence-corrected chi connectivity index (χ2v) is 6.94. The third-order valence-electron chi connectivity index (χ3n) is 4.76. The third-order valence-corrected chi connectivity index (χ3v) is 4.76. The Bertz CT molecular complexity index is 827. The van der Waals surface area contributed by atoms with Gasteiger partial charge in [-0.2, -0.15) is 0 Å². The standard InChI is InChI=1S/C22H26N2O4/c1-16-5-10-20(27-2)17(13-16)14-22(26)28-15-21(25)23-18-6-8-19(9-7-18)24-11-3-4-12-24/h5-10,13H,3-4,11-12,14-15H2,1-2H3,(H,23,25). The number of ether oxygens (including phenoxy) is 2. The first-order chi connectivity index (χ1) is 13.5. The van der Waals surface area contributed by atoms with Crippen molar-refractivity contribution in [3.05, 3.63) is 53.6 Å². The molecule has 6 nitrogen and oxygen atoms in total. The van der Waals surface area contributed by atoms with Crippen LogP contribution in [0.25, 0.3) is 0 Å². The Labute approximate surface area is 165 Å². The van der Waals surface area contributed by atoms with E-state index in [-0.39, 0.29) is 18.9 Å². The predicted octanol–water partition coefficient (Wildman–Crippen LogP) is 3.33. The maximum atomic E-state index is 12.1. The van der Waals surface area contributed by atoms with Crippen molar-refractivity contribution in [1.29, 1.82) is 0 Å². The average Bonchev–Trinajstić information content (AvgIpc) is 3.22. The van der Waals surface area contributed by atoms with Crippen LogP contribution in [-0.4, -0.2) is 38.7 Å². The normalized spacial score (nSPS) is 13.3. The summed E-state index contributed by atoms with van der Waals surface area (Å²) in [5.74, 6) is -0.202. The summed E-state index contributed by atoms with van der Waals surface area (Å²) in [5, 5.41) is 2.75.